The van der Waals surface area contributed by atoms with Gasteiger partial charge in [-0.1, -0.05) is 60.1 Å². The Morgan fingerprint density at radius 3 is 1.73 bits per heavy atom. The van der Waals surface area contributed by atoms with Crippen molar-refractivity contribution in [1.82, 2.24) is 0 Å². The summed E-state index contributed by atoms with van der Waals surface area (Å²) in [5.41, 5.74) is -2.58. The lowest BCUT2D eigenvalue weighted by Gasteiger charge is -2.71. The molecule has 11 aliphatic rings. The average Bonchev–Trinajstić information content (AvgIpc) is 0.673. The first kappa shape index (κ1) is 70.4. The van der Waals surface area contributed by atoms with Gasteiger partial charge in [0.05, 0.1) is 51.3 Å². The van der Waals surface area contributed by atoms with Crippen LogP contribution < -0.4 is 0 Å². The number of hydrogen-bond acceptors (Lipinski definition) is 29. The lowest BCUT2D eigenvalue weighted by atomic mass is 9.33. The summed E-state index contributed by atoms with van der Waals surface area (Å²) in [6.07, 6.45) is -35.9. The zero-order valence-corrected chi connectivity index (χ0v) is 52.8. The second kappa shape index (κ2) is 26.1. The van der Waals surface area contributed by atoms with E-state index in [0.29, 0.717) is 32.1 Å². The van der Waals surface area contributed by atoms with Gasteiger partial charge in [-0.25, -0.2) is 0 Å². The molecule has 6 aliphatic heterocycles. The minimum atomic E-state index is -1.97. The standard InChI is InChI=1S/C62H100O29/c1-24-47(88-52-46(78)48(30(66)22-82-52)89-51-43(75)37(69)28(64)20-81-51)41(73)45(77)53(85-24)90-49-38(70)29(65)21-83-55(49)91-56(79)62-16-15-57(2,3)17-26(62)25-9-10-33-59(6)13-12-35(58(4,5)32(59)11-14-60(33,7)61(25,8)18-34(62)67)87-54-44(76)40(72)39(71)31(86-54)23-84-50-42(74)36(68)27(63)19-80-50/h9,24,26-55,63-78H,10-23H2,1-8H3/t24-,26-,27-,28+,29+,30-,31+,32?,33?,34+,35-,36-,37-,38-,39+,40-,41-,42+,43+,44+,45+,46+,47-,48-,49+,50-,51-,52-,53-,54-,55-,59-,60+,61+,62+/m0/s1. The van der Waals surface area contributed by atoms with Crippen LogP contribution in [-0.2, 0) is 61.6 Å². The smallest absolute Gasteiger partial charge is 0.317 e. The Morgan fingerprint density at radius 1 is 0.505 bits per heavy atom. The van der Waals surface area contributed by atoms with Crippen molar-refractivity contribution in [1.29, 1.82) is 0 Å². The lowest BCUT2D eigenvalue weighted by molar-refractivity contribution is -0.375. The van der Waals surface area contributed by atoms with Gasteiger partial charge in [0.15, 0.2) is 37.6 Å². The molecule has 11 rings (SSSR count). The third kappa shape index (κ3) is 12.1. The highest BCUT2D eigenvalue weighted by Crippen LogP contribution is 2.76. The van der Waals surface area contributed by atoms with Crippen molar-refractivity contribution in [2.75, 3.05) is 33.0 Å². The molecule has 0 amide bonds. The number of hydrogen-bond donors (Lipinski definition) is 16. The zero-order valence-electron chi connectivity index (χ0n) is 52.8. The molecule has 5 aliphatic carbocycles. The van der Waals surface area contributed by atoms with Gasteiger partial charge in [0.1, 0.15) is 115 Å². The highest BCUT2D eigenvalue weighted by atomic mass is 16.8. The van der Waals surface area contributed by atoms with Crippen molar-refractivity contribution in [3.8, 4) is 0 Å². The monoisotopic (exact) mass is 1310 g/mol. The predicted octanol–water partition coefficient (Wildman–Crippen LogP) is -3.83. The molecule has 2 unspecified atom stereocenters. The zero-order chi connectivity index (χ0) is 66.1. The molecule has 29 nitrogen and oxygen atoms in total. The van der Waals surface area contributed by atoms with Crippen LogP contribution >= 0.6 is 0 Å². The molecular weight excluding hydrogens is 1210 g/mol. The third-order valence-electron chi connectivity index (χ3n) is 24.0. The highest BCUT2D eigenvalue weighted by Gasteiger charge is 2.72. The Hall–Kier alpha value is -1.87. The van der Waals surface area contributed by atoms with Crippen LogP contribution in [0.1, 0.15) is 113 Å². The van der Waals surface area contributed by atoms with E-state index in [-0.39, 0.29) is 42.1 Å². The first-order valence-electron chi connectivity index (χ1n) is 32.4. The molecule has 29 heteroatoms. The van der Waals surface area contributed by atoms with Gasteiger partial charge in [-0.2, -0.15) is 0 Å². The van der Waals surface area contributed by atoms with Crippen LogP contribution in [0.4, 0.5) is 0 Å². The molecule has 91 heavy (non-hydrogen) atoms. The van der Waals surface area contributed by atoms with Crippen LogP contribution in [0.2, 0.25) is 0 Å². The summed E-state index contributed by atoms with van der Waals surface area (Å²) >= 11 is 0. The fourth-order valence-corrected chi connectivity index (χ4v) is 18.3. The van der Waals surface area contributed by atoms with Gasteiger partial charge >= 0.3 is 5.97 Å². The van der Waals surface area contributed by atoms with E-state index in [1.54, 1.807) is 0 Å². The fraction of sp³-hybridized carbons (Fsp3) is 0.952. The van der Waals surface area contributed by atoms with Gasteiger partial charge in [0.2, 0.25) is 6.29 Å². The van der Waals surface area contributed by atoms with E-state index in [1.807, 2.05) is 0 Å². The second-order valence-electron chi connectivity index (χ2n) is 30.2. The number of fused-ring (bicyclic) bond motifs is 7. The third-order valence-corrected chi connectivity index (χ3v) is 24.0. The van der Waals surface area contributed by atoms with Gasteiger partial charge in [-0.15, -0.1) is 0 Å². The van der Waals surface area contributed by atoms with Crippen LogP contribution in [0.25, 0.3) is 0 Å². The molecule has 522 valence electrons. The maximum Gasteiger partial charge on any atom is 0.317 e. The Morgan fingerprint density at radius 2 is 1.05 bits per heavy atom. The number of carbonyl (C=O) groups is 1. The maximum absolute atomic E-state index is 15.5. The van der Waals surface area contributed by atoms with Crippen molar-refractivity contribution < 1.29 is 143 Å². The minimum Gasteiger partial charge on any atom is -0.432 e. The van der Waals surface area contributed by atoms with Gasteiger partial charge in [0, 0.05) is 0 Å². The summed E-state index contributed by atoms with van der Waals surface area (Å²) in [6.45, 7) is 14.7. The maximum atomic E-state index is 15.5. The topological polar surface area (TPSA) is 452 Å². The van der Waals surface area contributed by atoms with E-state index in [0.717, 1.165) is 18.4 Å². The first-order valence-corrected chi connectivity index (χ1v) is 32.4. The molecule has 0 aromatic carbocycles. The molecule has 35 atom stereocenters. The van der Waals surface area contributed by atoms with E-state index in [1.165, 1.54) is 6.92 Å². The van der Waals surface area contributed by atoms with E-state index >= 15 is 4.79 Å². The summed E-state index contributed by atoms with van der Waals surface area (Å²) in [4.78, 5) is 15.5. The number of esters is 1. The Kier molecular flexibility index (Phi) is 20.2. The number of aliphatic hydroxyl groups excluding tert-OH is 16. The second-order valence-corrected chi connectivity index (χ2v) is 30.2. The lowest BCUT2D eigenvalue weighted by Crippen LogP contribution is -2.68. The number of ether oxygens (including phenoxy) is 12. The van der Waals surface area contributed by atoms with E-state index in [9.17, 15) is 81.7 Å². The molecule has 10 fully saturated rings. The minimum absolute atomic E-state index is 0.0689. The van der Waals surface area contributed by atoms with Crippen molar-refractivity contribution in [2.24, 2.45) is 50.2 Å². The van der Waals surface area contributed by atoms with Crippen LogP contribution in [0.3, 0.4) is 0 Å². The Balaban J connectivity index is 0.772. The summed E-state index contributed by atoms with van der Waals surface area (Å²) in [5, 5.41) is 175. The SMILES string of the molecule is C[C@@H]1O[C@@H](O[C@H]2[C@H](OC(=O)[C@]34CCC(C)(C)C[C@H]3C3=CCC5[C@@]6(C)CC[C@H](O[C@@H]7O[C@H](CO[C@@H]8OC[C@H](O)[C@H](O)[C@H]8O)[C@@H](O)[C@H](O)[C@H]7O)C(C)(C)C6CC[C@@]5(C)[C@]3(C)C[C@H]4O)OC[C@@H](O)[C@@H]2O)[C@H](O)[C@H](O)[C@H]1O[C@@H]1OC[C@H](O)[C@H](O[C@@H]2OC[C@@H](O)[C@H](O)[C@H]2O)[C@H]1O. The fourth-order valence-electron chi connectivity index (χ4n) is 18.3. The van der Waals surface area contributed by atoms with Crippen LogP contribution in [0.5, 0.6) is 0 Å². The molecule has 0 aromatic rings. The largest absolute Gasteiger partial charge is 0.432 e. The number of carbonyl (C=O) groups excluding carboxylic acids is 1. The van der Waals surface area contributed by atoms with Gasteiger partial charge < -0.3 is 139 Å². The van der Waals surface area contributed by atoms with E-state index in [4.69, 9.17) is 56.8 Å². The molecule has 0 bridgehead atoms. The number of rotatable bonds is 13. The quantitative estimate of drug-likeness (QED) is 0.0477. The molecular formula is C62H100O29. The predicted molar refractivity (Wildman–Crippen MR) is 304 cm³/mol. The van der Waals surface area contributed by atoms with Gasteiger partial charge in [0.25, 0.3) is 0 Å². The van der Waals surface area contributed by atoms with Crippen LogP contribution in [-0.4, -0.2) is 293 Å². The van der Waals surface area contributed by atoms with Crippen molar-refractivity contribution in [2.45, 2.75) is 285 Å². The molecule has 0 aromatic heterocycles. The first-order chi connectivity index (χ1) is 42.6. The Labute approximate surface area is 527 Å². The Bertz CT molecular complexity index is 2570. The number of aliphatic hydroxyl groups is 16. The molecule has 4 saturated carbocycles. The molecule has 6 heterocycles. The average molecular weight is 1310 g/mol. The summed E-state index contributed by atoms with van der Waals surface area (Å²) < 4.78 is 70.6. The highest BCUT2D eigenvalue weighted by molar-refractivity contribution is 5.80. The van der Waals surface area contributed by atoms with Gasteiger partial charge in [-0.3, -0.25) is 4.79 Å². The van der Waals surface area contributed by atoms with E-state index < -0.39 is 232 Å². The van der Waals surface area contributed by atoms with Crippen LogP contribution in [0, 0.1) is 50.2 Å². The summed E-state index contributed by atoms with van der Waals surface area (Å²) in [6, 6.07) is 0. The normalized spacial score (nSPS) is 54.8. The summed E-state index contributed by atoms with van der Waals surface area (Å²) in [5.74, 6) is -1.17. The summed E-state index contributed by atoms with van der Waals surface area (Å²) in [7, 11) is 0. The number of allylic oxidation sites excluding steroid dienone is 2. The molecule has 16 N–H and O–H groups in total. The molecule has 0 spiro atoms. The van der Waals surface area contributed by atoms with Crippen molar-refractivity contribution >= 4 is 5.97 Å². The van der Waals surface area contributed by atoms with E-state index in [2.05, 4.69) is 54.5 Å². The molecule has 0 radical (unpaired) electrons. The van der Waals surface area contributed by atoms with Gasteiger partial charge in [-0.05, 0) is 110 Å². The van der Waals surface area contributed by atoms with Crippen LogP contribution in [0.15, 0.2) is 11.6 Å². The van der Waals surface area contributed by atoms with Crippen molar-refractivity contribution in [3.63, 3.8) is 0 Å². The van der Waals surface area contributed by atoms with Crippen molar-refractivity contribution in [3.05, 3.63) is 11.6 Å². The molecule has 6 saturated heterocycles.